The predicted molar refractivity (Wildman–Crippen MR) is 85.3 cm³/mol. The van der Waals surface area contributed by atoms with Crippen LogP contribution < -0.4 is 15.2 Å². The van der Waals surface area contributed by atoms with Crippen molar-refractivity contribution in [2.75, 3.05) is 23.8 Å². The maximum Gasteiger partial charge on any atom is 0.244 e. The van der Waals surface area contributed by atoms with Crippen molar-refractivity contribution >= 4 is 27.5 Å². The van der Waals surface area contributed by atoms with Crippen molar-refractivity contribution in [2.24, 2.45) is 0 Å². The molecule has 1 saturated heterocycles. The highest BCUT2D eigenvalue weighted by molar-refractivity contribution is 7.99. The maximum atomic E-state index is 12.7. The number of thioether (sulfide) groups is 1. The minimum Gasteiger partial charge on any atom is -0.492 e. The number of hydrogen-bond donors (Lipinski definition) is 2. The number of nitrogens with two attached hydrogens (primary N) is 1. The number of ether oxygens (including phenoxy) is 1. The van der Waals surface area contributed by atoms with E-state index < -0.39 is 10.0 Å². The number of anilines is 1. The Balaban J connectivity index is 1.92. The van der Waals surface area contributed by atoms with Gasteiger partial charge in [0.2, 0.25) is 10.0 Å². The van der Waals surface area contributed by atoms with Crippen molar-refractivity contribution in [1.82, 2.24) is 4.72 Å². The molecular formula is C14H20N2O3S2. The molecule has 0 amide bonds. The van der Waals surface area contributed by atoms with Gasteiger partial charge in [-0.2, -0.15) is 11.8 Å². The van der Waals surface area contributed by atoms with E-state index in [4.69, 9.17) is 10.5 Å². The summed E-state index contributed by atoms with van der Waals surface area (Å²) in [4.78, 5) is 0.190. The Morgan fingerprint density at radius 2 is 2.05 bits per heavy atom. The van der Waals surface area contributed by atoms with Crippen LogP contribution >= 0.6 is 11.8 Å². The van der Waals surface area contributed by atoms with Crippen LogP contribution in [0.2, 0.25) is 0 Å². The smallest absolute Gasteiger partial charge is 0.244 e. The van der Waals surface area contributed by atoms with Crippen molar-refractivity contribution in [3.8, 4) is 5.75 Å². The van der Waals surface area contributed by atoms with Crippen LogP contribution in [-0.2, 0) is 16.4 Å². The number of benzene rings is 1. The Morgan fingerprint density at radius 1 is 1.29 bits per heavy atom. The van der Waals surface area contributed by atoms with E-state index in [1.54, 1.807) is 0 Å². The fraction of sp³-hybridized carbons (Fsp3) is 0.571. The molecular weight excluding hydrogens is 308 g/mol. The first-order chi connectivity index (χ1) is 10.1. The molecule has 21 heavy (non-hydrogen) atoms. The zero-order chi connectivity index (χ0) is 14.9. The predicted octanol–water partition coefficient (Wildman–Crippen LogP) is 1.77. The average molecular weight is 328 g/mol. The second-order valence-electron chi connectivity index (χ2n) is 5.47. The number of aryl methyl sites for hydroxylation is 1. The van der Waals surface area contributed by atoms with Crippen LogP contribution in [0.4, 0.5) is 5.69 Å². The molecule has 1 fully saturated rings. The topological polar surface area (TPSA) is 81.4 Å². The van der Waals surface area contributed by atoms with Crippen LogP contribution in [0.3, 0.4) is 0 Å². The number of sulfonamides is 1. The molecule has 0 spiro atoms. The van der Waals surface area contributed by atoms with E-state index in [-0.39, 0.29) is 10.9 Å². The Bertz CT molecular complexity index is 625. The van der Waals surface area contributed by atoms with Gasteiger partial charge < -0.3 is 10.5 Å². The molecule has 3 N–H and O–H groups in total. The molecule has 0 saturated carbocycles. The second-order valence-corrected chi connectivity index (χ2v) is 8.37. The van der Waals surface area contributed by atoms with Crippen LogP contribution in [0.5, 0.6) is 5.75 Å². The number of nitrogen functional groups attached to an aromatic ring is 1. The summed E-state index contributed by atoms with van der Waals surface area (Å²) in [6, 6.07) is 3.33. The molecule has 0 atom stereocenters. The van der Waals surface area contributed by atoms with Gasteiger partial charge in [-0.15, -0.1) is 0 Å². The van der Waals surface area contributed by atoms with Crippen LogP contribution in [-0.4, -0.2) is 32.6 Å². The molecule has 2 aliphatic rings. The zero-order valence-corrected chi connectivity index (χ0v) is 13.4. The van der Waals surface area contributed by atoms with E-state index >= 15 is 0 Å². The van der Waals surface area contributed by atoms with Gasteiger partial charge in [-0.1, -0.05) is 0 Å². The summed E-state index contributed by atoms with van der Waals surface area (Å²) in [5.74, 6) is 2.48. The lowest BCUT2D eigenvalue weighted by molar-refractivity contribution is 0.280. The van der Waals surface area contributed by atoms with Crippen LogP contribution in [0, 0.1) is 0 Å². The van der Waals surface area contributed by atoms with Gasteiger partial charge in [0.15, 0.2) is 0 Å². The minimum atomic E-state index is -3.59. The van der Waals surface area contributed by atoms with E-state index in [2.05, 4.69) is 4.72 Å². The van der Waals surface area contributed by atoms with E-state index in [9.17, 15) is 8.42 Å². The van der Waals surface area contributed by atoms with Gasteiger partial charge in [0.05, 0.1) is 6.61 Å². The largest absolute Gasteiger partial charge is 0.492 e. The van der Waals surface area contributed by atoms with Gasteiger partial charge in [-0.05, 0) is 54.9 Å². The molecule has 0 bridgehead atoms. The fourth-order valence-electron chi connectivity index (χ4n) is 2.77. The van der Waals surface area contributed by atoms with Crippen molar-refractivity contribution in [3.05, 3.63) is 17.7 Å². The molecule has 0 aliphatic carbocycles. The third kappa shape index (κ3) is 3.30. The molecule has 0 unspecified atom stereocenters. The molecule has 3 rings (SSSR count). The molecule has 116 valence electrons. The van der Waals surface area contributed by atoms with E-state index in [0.717, 1.165) is 42.8 Å². The highest BCUT2D eigenvalue weighted by Crippen LogP contribution is 2.34. The Labute approximate surface area is 129 Å². The summed E-state index contributed by atoms with van der Waals surface area (Å²) in [7, 11) is -3.59. The lowest BCUT2D eigenvalue weighted by atomic mass is 10.1. The average Bonchev–Trinajstić information content (AvgIpc) is 2.47. The first kappa shape index (κ1) is 15.0. The molecule has 0 radical (unpaired) electrons. The summed E-state index contributed by atoms with van der Waals surface area (Å²) >= 11 is 1.87. The summed E-state index contributed by atoms with van der Waals surface area (Å²) in [5.41, 5.74) is 7.22. The molecule has 2 heterocycles. The molecule has 7 heteroatoms. The number of fused-ring (bicyclic) bond motifs is 1. The molecule has 1 aromatic carbocycles. The first-order valence-corrected chi connectivity index (χ1v) is 9.85. The Morgan fingerprint density at radius 3 is 2.81 bits per heavy atom. The minimum absolute atomic E-state index is 0.0110. The monoisotopic (exact) mass is 328 g/mol. The SMILES string of the molecule is Nc1cc2c(c(S(=O)(=O)NC3CCSCC3)c1)OCCC2. The van der Waals surface area contributed by atoms with E-state index in [1.807, 2.05) is 17.8 Å². The molecule has 5 nitrogen and oxygen atoms in total. The number of nitrogens with one attached hydrogen (secondary N) is 1. The van der Waals surface area contributed by atoms with Gasteiger partial charge in [0.1, 0.15) is 10.6 Å². The summed E-state index contributed by atoms with van der Waals surface area (Å²) in [5, 5.41) is 0. The van der Waals surface area contributed by atoms with Crippen molar-refractivity contribution in [1.29, 1.82) is 0 Å². The first-order valence-electron chi connectivity index (χ1n) is 7.21. The standard InChI is InChI=1S/C14H20N2O3S2/c15-11-8-10-2-1-5-19-14(10)13(9-11)21(17,18)16-12-3-6-20-7-4-12/h8-9,12,16H,1-7,15H2. The Hall–Kier alpha value is -0.920. The van der Waals surface area contributed by atoms with Crippen molar-refractivity contribution in [3.63, 3.8) is 0 Å². The van der Waals surface area contributed by atoms with Gasteiger partial charge in [-0.25, -0.2) is 13.1 Å². The highest BCUT2D eigenvalue weighted by Gasteiger charge is 2.28. The van der Waals surface area contributed by atoms with Gasteiger partial charge in [0, 0.05) is 11.7 Å². The Kier molecular flexibility index (Phi) is 4.33. The fourth-order valence-corrected chi connectivity index (χ4v) is 5.40. The molecule has 0 aromatic heterocycles. The third-order valence-electron chi connectivity index (χ3n) is 3.82. The lowest BCUT2D eigenvalue weighted by Crippen LogP contribution is -2.37. The van der Waals surface area contributed by atoms with E-state index in [0.29, 0.717) is 18.0 Å². The molecule has 2 aliphatic heterocycles. The van der Waals surface area contributed by atoms with Crippen LogP contribution in [0.15, 0.2) is 17.0 Å². The quantitative estimate of drug-likeness (QED) is 0.827. The normalized spacial score (nSPS) is 19.8. The molecule has 1 aromatic rings. The summed E-state index contributed by atoms with van der Waals surface area (Å²) in [6.07, 6.45) is 3.44. The number of hydrogen-bond acceptors (Lipinski definition) is 5. The third-order valence-corrected chi connectivity index (χ3v) is 6.40. The summed E-state index contributed by atoms with van der Waals surface area (Å²) < 4.78 is 33.8. The van der Waals surface area contributed by atoms with Crippen LogP contribution in [0.1, 0.15) is 24.8 Å². The van der Waals surface area contributed by atoms with Crippen molar-refractivity contribution in [2.45, 2.75) is 36.6 Å². The second kappa shape index (κ2) is 6.06. The highest BCUT2D eigenvalue weighted by atomic mass is 32.2. The summed E-state index contributed by atoms with van der Waals surface area (Å²) in [6.45, 7) is 0.555. The number of rotatable bonds is 3. The maximum absolute atomic E-state index is 12.7. The van der Waals surface area contributed by atoms with Crippen LogP contribution in [0.25, 0.3) is 0 Å². The van der Waals surface area contributed by atoms with Crippen molar-refractivity contribution < 1.29 is 13.2 Å². The van der Waals surface area contributed by atoms with Gasteiger partial charge in [-0.3, -0.25) is 0 Å². The lowest BCUT2D eigenvalue weighted by Gasteiger charge is -2.25. The van der Waals surface area contributed by atoms with Gasteiger partial charge in [0.25, 0.3) is 0 Å². The van der Waals surface area contributed by atoms with Gasteiger partial charge >= 0.3 is 0 Å². The zero-order valence-electron chi connectivity index (χ0n) is 11.8. The van der Waals surface area contributed by atoms with E-state index in [1.165, 1.54) is 6.07 Å².